The van der Waals surface area contributed by atoms with Gasteiger partial charge in [-0.25, -0.2) is 9.78 Å². The Bertz CT molecular complexity index is 621. The van der Waals surface area contributed by atoms with Gasteiger partial charge in [0.05, 0.1) is 5.52 Å². The molecule has 2 aromatic rings. The minimum Gasteiger partial charge on any atom is -0.477 e. The molecule has 0 atom stereocenters. The fraction of sp³-hybridized carbons (Fsp3) is 0.286. The quantitative estimate of drug-likeness (QED) is 0.850. The van der Waals surface area contributed by atoms with Crippen molar-refractivity contribution in [1.82, 2.24) is 10.3 Å². The number of nitrogens with zero attached hydrogens (tertiary/aromatic N) is 2. The average Bonchev–Trinajstić information content (AvgIpc) is 2.47. The predicted molar refractivity (Wildman–Crippen MR) is 73.8 cm³/mol. The van der Waals surface area contributed by atoms with Gasteiger partial charge in [0.2, 0.25) is 0 Å². The Morgan fingerprint density at radius 3 is 2.68 bits per heavy atom. The number of aromatic carboxylic acids is 1. The van der Waals surface area contributed by atoms with Gasteiger partial charge < -0.3 is 15.3 Å². The third-order valence-electron chi connectivity index (χ3n) is 3.38. The lowest BCUT2D eigenvalue weighted by Crippen LogP contribution is -2.43. The van der Waals surface area contributed by atoms with Crippen molar-refractivity contribution in [1.29, 1.82) is 0 Å². The maximum Gasteiger partial charge on any atom is 0.354 e. The molecule has 1 aliphatic rings. The molecule has 19 heavy (non-hydrogen) atoms. The van der Waals surface area contributed by atoms with Gasteiger partial charge >= 0.3 is 5.97 Å². The van der Waals surface area contributed by atoms with E-state index in [4.69, 9.17) is 5.11 Å². The summed E-state index contributed by atoms with van der Waals surface area (Å²) in [6.07, 6.45) is 0. The Morgan fingerprint density at radius 1 is 1.21 bits per heavy atom. The van der Waals surface area contributed by atoms with Crippen LogP contribution in [-0.4, -0.2) is 42.2 Å². The number of benzene rings is 1. The zero-order valence-electron chi connectivity index (χ0n) is 10.5. The maximum atomic E-state index is 11.0. The summed E-state index contributed by atoms with van der Waals surface area (Å²) in [5.41, 5.74) is 1.92. The van der Waals surface area contributed by atoms with Gasteiger partial charge in [-0.3, -0.25) is 0 Å². The highest BCUT2D eigenvalue weighted by Gasteiger charge is 2.12. The van der Waals surface area contributed by atoms with Gasteiger partial charge in [0.25, 0.3) is 0 Å². The zero-order chi connectivity index (χ0) is 13.2. The number of pyridine rings is 1. The summed E-state index contributed by atoms with van der Waals surface area (Å²) >= 11 is 0. The fourth-order valence-electron chi connectivity index (χ4n) is 2.34. The Morgan fingerprint density at radius 2 is 1.95 bits per heavy atom. The number of fused-ring (bicyclic) bond motifs is 1. The summed E-state index contributed by atoms with van der Waals surface area (Å²) in [7, 11) is 0. The molecule has 3 rings (SSSR count). The molecule has 1 aliphatic heterocycles. The molecule has 5 heteroatoms. The van der Waals surface area contributed by atoms with Crippen LogP contribution < -0.4 is 10.2 Å². The van der Waals surface area contributed by atoms with Crippen LogP contribution in [0, 0.1) is 0 Å². The molecule has 2 heterocycles. The number of piperazine rings is 1. The minimum atomic E-state index is -0.991. The molecule has 2 N–H and O–H groups in total. The smallest absolute Gasteiger partial charge is 0.354 e. The minimum absolute atomic E-state index is 0.0879. The van der Waals surface area contributed by atoms with E-state index in [1.807, 2.05) is 12.1 Å². The van der Waals surface area contributed by atoms with Crippen molar-refractivity contribution in [2.24, 2.45) is 0 Å². The molecule has 1 saturated heterocycles. The lowest BCUT2D eigenvalue weighted by molar-refractivity contribution is 0.0691. The first kappa shape index (κ1) is 11.9. The normalized spacial score (nSPS) is 15.7. The van der Waals surface area contributed by atoms with E-state index in [0.29, 0.717) is 0 Å². The van der Waals surface area contributed by atoms with E-state index in [9.17, 15) is 4.79 Å². The van der Waals surface area contributed by atoms with E-state index in [2.05, 4.69) is 21.3 Å². The number of aromatic nitrogens is 1. The summed E-state index contributed by atoms with van der Waals surface area (Å²) < 4.78 is 0. The van der Waals surface area contributed by atoms with Crippen molar-refractivity contribution in [2.75, 3.05) is 31.1 Å². The summed E-state index contributed by atoms with van der Waals surface area (Å²) in [6, 6.07) is 9.36. The molecular weight excluding hydrogens is 242 g/mol. The third-order valence-corrected chi connectivity index (χ3v) is 3.38. The van der Waals surface area contributed by atoms with Crippen LogP contribution in [0.1, 0.15) is 10.5 Å². The highest BCUT2D eigenvalue weighted by Crippen LogP contribution is 2.21. The van der Waals surface area contributed by atoms with Crippen LogP contribution >= 0.6 is 0 Å². The molecule has 0 spiro atoms. The van der Waals surface area contributed by atoms with Crippen LogP contribution in [0.25, 0.3) is 10.9 Å². The first-order valence-electron chi connectivity index (χ1n) is 6.34. The van der Waals surface area contributed by atoms with E-state index >= 15 is 0 Å². The van der Waals surface area contributed by atoms with Crippen LogP contribution in [0.5, 0.6) is 0 Å². The standard InChI is InChI=1S/C14H15N3O2/c18-14(19)12-4-2-10-1-3-11(9-13(10)16-12)17-7-5-15-6-8-17/h1-4,9,15H,5-8H2,(H,18,19). The van der Waals surface area contributed by atoms with E-state index in [1.54, 1.807) is 6.07 Å². The average molecular weight is 257 g/mol. The van der Waals surface area contributed by atoms with Crippen molar-refractivity contribution in [3.63, 3.8) is 0 Å². The van der Waals surface area contributed by atoms with Crippen LogP contribution in [0.3, 0.4) is 0 Å². The molecule has 0 radical (unpaired) electrons. The van der Waals surface area contributed by atoms with Crippen molar-refractivity contribution in [3.05, 3.63) is 36.0 Å². The van der Waals surface area contributed by atoms with Crippen LogP contribution in [-0.2, 0) is 0 Å². The van der Waals surface area contributed by atoms with Gasteiger partial charge in [-0.2, -0.15) is 0 Å². The number of carboxylic acids is 1. The molecule has 0 amide bonds. The summed E-state index contributed by atoms with van der Waals surface area (Å²) in [5.74, 6) is -0.991. The van der Waals surface area contributed by atoms with Gasteiger partial charge in [-0.1, -0.05) is 12.1 Å². The van der Waals surface area contributed by atoms with E-state index in [-0.39, 0.29) is 5.69 Å². The van der Waals surface area contributed by atoms with Gasteiger partial charge in [0.1, 0.15) is 5.69 Å². The number of carboxylic acid groups (broad SMARTS) is 1. The Labute approximate surface area is 110 Å². The summed E-state index contributed by atoms with van der Waals surface area (Å²) in [6.45, 7) is 3.87. The molecule has 1 aromatic carbocycles. The molecule has 1 aromatic heterocycles. The van der Waals surface area contributed by atoms with Crippen LogP contribution in [0.4, 0.5) is 5.69 Å². The Balaban J connectivity index is 2.00. The molecule has 0 saturated carbocycles. The van der Waals surface area contributed by atoms with Gasteiger partial charge in [0.15, 0.2) is 0 Å². The molecule has 0 bridgehead atoms. The Kier molecular flexibility index (Phi) is 3.05. The number of anilines is 1. The summed E-state index contributed by atoms with van der Waals surface area (Å²) in [4.78, 5) is 17.4. The highest BCUT2D eigenvalue weighted by atomic mass is 16.4. The van der Waals surface area contributed by atoms with E-state index in [1.165, 1.54) is 6.07 Å². The molecule has 1 fully saturated rings. The van der Waals surface area contributed by atoms with Gasteiger partial charge in [-0.05, 0) is 18.2 Å². The molecular formula is C14H15N3O2. The lowest BCUT2D eigenvalue weighted by atomic mass is 10.1. The largest absolute Gasteiger partial charge is 0.477 e. The number of rotatable bonds is 2. The summed E-state index contributed by atoms with van der Waals surface area (Å²) in [5, 5.41) is 13.3. The van der Waals surface area contributed by atoms with E-state index < -0.39 is 5.97 Å². The van der Waals surface area contributed by atoms with Crippen molar-refractivity contribution in [2.45, 2.75) is 0 Å². The maximum absolute atomic E-state index is 11.0. The monoisotopic (exact) mass is 257 g/mol. The fourth-order valence-corrected chi connectivity index (χ4v) is 2.34. The SMILES string of the molecule is O=C(O)c1ccc2ccc(N3CCNCC3)cc2n1. The zero-order valence-corrected chi connectivity index (χ0v) is 10.5. The van der Waals surface area contributed by atoms with Crippen LogP contribution in [0.2, 0.25) is 0 Å². The van der Waals surface area contributed by atoms with Crippen molar-refractivity contribution in [3.8, 4) is 0 Å². The second-order valence-corrected chi connectivity index (χ2v) is 4.62. The number of nitrogens with one attached hydrogen (secondary N) is 1. The second kappa shape index (κ2) is 4.85. The second-order valence-electron chi connectivity index (χ2n) is 4.62. The number of hydrogen-bond acceptors (Lipinski definition) is 4. The first-order valence-corrected chi connectivity index (χ1v) is 6.34. The third kappa shape index (κ3) is 2.37. The Hall–Kier alpha value is -2.14. The predicted octanol–water partition coefficient (Wildman–Crippen LogP) is 1.34. The number of hydrogen-bond donors (Lipinski definition) is 2. The van der Waals surface area contributed by atoms with Gasteiger partial charge in [0, 0.05) is 37.3 Å². The lowest BCUT2D eigenvalue weighted by Gasteiger charge is -2.29. The molecule has 98 valence electrons. The van der Waals surface area contributed by atoms with Gasteiger partial charge in [-0.15, -0.1) is 0 Å². The topological polar surface area (TPSA) is 65.5 Å². The van der Waals surface area contributed by atoms with Crippen LogP contribution in [0.15, 0.2) is 30.3 Å². The van der Waals surface area contributed by atoms with E-state index in [0.717, 1.165) is 42.8 Å². The molecule has 5 nitrogen and oxygen atoms in total. The first-order chi connectivity index (χ1) is 9.24. The van der Waals surface area contributed by atoms with Crippen molar-refractivity contribution >= 4 is 22.6 Å². The number of carbonyl (C=O) groups is 1. The molecule has 0 aliphatic carbocycles. The molecule has 0 unspecified atom stereocenters. The van der Waals surface area contributed by atoms with Crippen molar-refractivity contribution < 1.29 is 9.90 Å². The highest BCUT2D eigenvalue weighted by molar-refractivity contribution is 5.90.